The molecule has 0 radical (unpaired) electrons. The standard InChI is InChI=1S/C17H15N3O/c1-21-17-6-2-13(3-7-17)8-9-20-16-5-4-14(11-18)15(10-16)12-19/h2-7,10,20H,8-9H2,1H3. The zero-order valence-corrected chi connectivity index (χ0v) is 11.8. The first-order valence-electron chi connectivity index (χ1n) is 6.58. The Labute approximate surface area is 124 Å². The third-order valence-corrected chi connectivity index (χ3v) is 3.16. The van der Waals surface area contributed by atoms with E-state index in [0.717, 1.165) is 24.4 Å². The first-order valence-corrected chi connectivity index (χ1v) is 6.58. The summed E-state index contributed by atoms with van der Waals surface area (Å²) in [5.41, 5.74) is 2.85. The molecular formula is C17H15N3O. The molecule has 0 atom stereocenters. The number of rotatable bonds is 5. The molecule has 0 saturated heterocycles. The summed E-state index contributed by atoms with van der Waals surface area (Å²) in [7, 11) is 1.65. The highest BCUT2D eigenvalue weighted by Crippen LogP contribution is 2.15. The van der Waals surface area contributed by atoms with Crippen LogP contribution in [0.25, 0.3) is 0 Å². The Hall–Kier alpha value is -2.98. The van der Waals surface area contributed by atoms with Crippen LogP contribution < -0.4 is 10.1 Å². The van der Waals surface area contributed by atoms with Gasteiger partial charge in [-0.25, -0.2) is 0 Å². The van der Waals surface area contributed by atoms with E-state index in [9.17, 15) is 0 Å². The number of anilines is 1. The van der Waals surface area contributed by atoms with E-state index < -0.39 is 0 Å². The van der Waals surface area contributed by atoms with Crippen LogP contribution in [-0.4, -0.2) is 13.7 Å². The number of methoxy groups -OCH3 is 1. The largest absolute Gasteiger partial charge is 0.497 e. The summed E-state index contributed by atoms with van der Waals surface area (Å²) >= 11 is 0. The molecule has 0 bridgehead atoms. The predicted molar refractivity (Wildman–Crippen MR) is 81.1 cm³/mol. The Kier molecular flexibility index (Phi) is 4.79. The summed E-state index contributed by atoms with van der Waals surface area (Å²) < 4.78 is 5.12. The summed E-state index contributed by atoms with van der Waals surface area (Å²) in [6, 6.07) is 17.1. The minimum atomic E-state index is 0.395. The molecule has 0 unspecified atom stereocenters. The Morgan fingerprint density at radius 3 is 2.33 bits per heavy atom. The van der Waals surface area contributed by atoms with E-state index in [4.69, 9.17) is 15.3 Å². The molecule has 0 heterocycles. The van der Waals surface area contributed by atoms with Crippen molar-refractivity contribution < 1.29 is 4.74 Å². The van der Waals surface area contributed by atoms with Crippen LogP contribution in [0.2, 0.25) is 0 Å². The minimum Gasteiger partial charge on any atom is -0.497 e. The normalized spacial score (nSPS) is 9.48. The van der Waals surface area contributed by atoms with Crippen LogP contribution in [0.3, 0.4) is 0 Å². The Morgan fingerprint density at radius 1 is 1.00 bits per heavy atom. The zero-order chi connectivity index (χ0) is 15.1. The van der Waals surface area contributed by atoms with Crippen molar-refractivity contribution in [3.8, 4) is 17.9 Å². The Balaban J connectivity index is 1.94. The van der Waals surface area contributed by atoms with E-state index in [2.05, 4.69) is 5.32 Å². The van der Waals surface area contributed by atoms with Crippen LogP contribution in [0.1, 0.15) is 16.7 Å². The number of nitrogens with zero attached hydrogens (tertiary/aromatic N) is 2. The molecule has 0 aliphatic rings. The second kappa shape index (κ2) is 6.98. The topological polar surface area (TPSA) is 68.8 Å². The van der Waals surface area contributed by atoms with Crippen LogP contribution in [0.4, 0.5) is 5.69 Å². The molecule has 4 nitrogen and oxygen atoms in total. The fourth-order valence-corrected chi connectivity index (χ4v) is 1.99. The monoisotopic (exact) mass is 277 g/mol. The predicted octanol–water partition coefficient (Wildman–Crippen LogP) is 3.09. The van der Waals surface area contributed by atoms with Gasteiger partial charge < -0.3 is 10.1 Å². The number of nitrogens with one attached hydrogen (secondary N) is 1. The molecule has 21 heavy (non-hydrogen) atoms. The molecule has 0 saturated carbocycles. The number of nitriles is 2. The number of ether oxygens (including phenoxy) is 1. The lowest BCUT2D eigenvalue weighted by Gasteiger charge is -2.08. The van der Waals surface area contributed by atoms with Crippen molar-refractivity contribution in [2.24, 2.45) is 0 Å². The molecule has 0 fully saturated rings. The summed E-state index contributed by atoms with van der Waals surface area (Å²) in [5.74, 6) is 0.845. The second-order valence-electron chi connectivity index (χ2n) is 4.51. The Morgan fingerprint density at radius 2 is 1.71 bits per heavy atom. The van der Waals surface area contributed by atoms with Crippen molar-refractivity contribution in [3.05, 3.63) is 59.2 Å². The van der Waals surface area contributed by atoms with Crippen molar-refractivity contribution in [2.45, 2.75) is 6.42 Å². The van der Waals surface area contributed by atoms with E-state index in [1.54, 1.807) is 19.2 Å². The van der Waals surface area contributed by atoms with Crippen LogP contribution >= 0.6 is 0 Å². The molecule has 4 heteroatoms. The second-order valence-corrected chi connectivity index (χ2v) is 4.51. The molecule has 2 rings (SSSR count). The number of hydrogen-bond acceptors (Lipinski definition) is 4. The van der Waals surface area contributed by atoms with Crippen LogP contribution in [0.15, 0.2) is 42.5 Å². The lowest BCUT2D eigenvalue weighted by atomic mass is 10.1. The van der Waals surface area contributed by atoms with E-state index in [1.165, 1.54) is 5.56 Å². The van der Waals surface area contributed by atoms with Crippen molar-refractivity contribution >= 4 is 5.69 Å². The highest BCUT2D eigenvalue weighted by Gasteiger charge is 2.02. The van der Waals surface area contributed by atoms with Gasteiger partial charge in [0.1, 0.15) is 17.9 Å². The summed E-state index contributed by atoms with van der Waals surface area (Å²) in [6.07, 6.45) is 0.867. The van der Waals surface area contributed by atoms with E-state index in [0.29, 0.717) is 11.1 Å². The van der Waals surface area contributed by atoms with Crippen molar-refractivity contribution in [3.63, 3.8) is 0 Å². The SMILES string of the molecule is COc1ccc(CCNc2ccc(C#N)c(C#N)c2)cc1. The number of benzene rings is 2. The molecule has 2 aromatic rings. The molecular weight excluding hydrogens is 262 g/mol. The molecule has 104 valence electrons. The summed E-state index contributed by atoms with van der Waals surface area (Å²) in [4.78, 5) is 0. The van der Waals surface area contributed by atoms with Crippen LogP contribution in [0.5, 0.6) is 5.75 Å². The van der Waals surface area contributed by atoms with Gasteiger partial charge in [0, 0.05) is 12.2 Å². The first-order chi connectivity index (χ1) is 10.3. The molecule has 0 aromatic heterocycles. The van der Waals surface area contributed by atoms with Gasteiger partial charge in [0.05, 0.1) is 18.2 Å². The first kappa shape index (κ1) is 14.4. The van der Waals surface area contributed by atoms with E-state index in [-0.39, 0.29) is 0 Å². The molecule has 1 N–H and O–H groups in total. The molecule has 0 aliphatic heterocycles. The van der Waals surface area contributed by atoms with Gasteiger partial charge in [-0.2, -0.15) is 10.5 Å². The van der Waals surface area contributed by atoms with Crippen LogP contribution in [-0.2, 0) is 6.42 Å². The van der Waals surface area contributed by atoms with Gasteiger partial charge in [0.15, 0.2) is 0 Å². The smallest absolute Gasteiger partial charge is 0.118 e. The molecule has 0 spiro atoms. The maximum absolute atomic E-state index is 8.99. The highest BCUT2D eigenvalue weighted by molar-refractivity contribution is 5.56. The van der Waals surface area contributed by atoms with Gasteiger partial charge in [-0.05, 0) is 42.3 Å². The van der Waals surface area contributed by atoms with Gasteiger partial charge in [0.2, 0.25) is 0 Å². The molecule has 0 amide bonds. The van der Waals surface area contributed by atoms with Crippen molar-refractivity contribution in [1.29, 1.82) is 10.5 Å². The van der Waals surface area contributed by atoms with Crippen molar-refractivity contribution in [1.82, 2.24) is 0 Å². The van der Waals surface area contributed by atoms with Gasteiger partial charge >= 0.3 is 0 Å². The fraction of sp³-hybridized carbons (Fsp3) is 0.176. The van der Waals surface area contributed by atoms with Gasteiger partial charge in [-0.3, -0.25) is 0 Å². The highest BCUT2D eigenvalue weighted by atomic mass is 16.5. The Bertz CT molecular complexity index is 693. The number of hydrogen-bond donors (Lipinski definition) is 1. The fourth-order valence-electron chi connectivity index (χ4n) is 1.99. The lowest BCUT2D eigenvalue weighted by molar-refractivity contribution is 0.414. The van der Waals surface area contributed by atoms with Crippen LogP contribution in [0, 0.1) is 22.7 Å². The third kappa shape index (κ3) is 3.75. The van der Waals surface area contributed by atoms with Gasteiger partial charge in [-0.1, -0.05) is 12.1 Å². The average molecular weight is 277 g/mol. The maximum atomic E-state index is 8.99. The third-order valence-electron chi connectivity index (χ3n) is 3.16. The van der Waals surface area contributed by atoms with Crippen molar-refractivity contribution in [2.75, 3.05) is 19.0 Å². The zero-order valence-electron chi connectivity index (χ0n) is 11.8. The summed E-state index contributed by atoms with van der Waals surface area (Å²) in [5, 5.41) is 21.1. The summed E-state index contributed by atoms with van der Waals surface area (Å²) in [6.45, 7) is 0.753. The lowest BCUT2D eigenvalue weighted by Crippen LogP contribution is -2.05. The minimum absolute atomic E-state index is 0.395. The quantitative estimate of drug-likeness (QED) is 0.911. The van der Waals surface area contributed by atoms with E-state index in [1.807, 2.05) is 42.5 Å². The average Bonchev–Trinajstić information content (AvgIpc) is 2.55. The van der Waals surface area contributed by atoms with Gasteiger partial charge in [-0.15, -0.1) is 0 Å². The molecule has 0 aliphatic carbocycles. The van der Waals surface area contributed by atoms with E-state index >= 15 is 0 Å². The molecule has 2 aromatic carbocycles. The maximum Gasteiger partial charge on any atom is 0.118 e. The van der Waals surface area contributed by atoms with Gasteiger partial charge in [0.25, 0.3) is 0 Å².